The molecule has 0 aliphatic carbocycles. The van der Waals surface area contributed by atoms with Crippen molar-refractivity contribution in [2.45, 2.75) is 0 Å². The van der Waals surface area contributed by atoms with Gasteiger partial charge < -0.3 is 24.2 Å². The highest BCUT2D eigenvalue weighted by Crippen LogP contribution is 2.36. The van der Waals surface area contributed by atoms with Gasteiger partial charge in [-0.05, 0) is 23.8 Å². The minimum absolute atomic E-state index is 0.0308. The second-order valence-electron chi connectivity index (χ2n) is 6.28. The van der Waals surface area contributed by atoms with Crippen molar-refractivity contribution < 1.29 is 38.7 Å². The summed E-state index contributed by atoms with van der Waals surface area (Å²) in [5, 5.41) is 33.5. The Morgan fingerprint density at radius 1 is 1.25 bits per heavy atom. The molecule has 2 N–H and O–H groups in total. The monoisotopic (exact) mass is 440 g/mol. The van der Waals surface area contributed by atoms with Gasteiger partial charge >= 0.3 is 17.6 Å². The lowest BCUT2D eigenvalue weighted by Crippen LogP contribution is -2.07. The van der Waals surface area contributed by atoms with Crippen molar-refractivity contribution in [1.29, 1.82) is 0 Å². The number of carboxylic acids is 1. The van der Waals surface area contributed by atoms with Gasteiger partial charge in [0.1, 0.15) is 12.4 Å². The lowest BCUT2D eigenvalue weighted by molar-refractivity contribution is -0.385. The summed E-state index contributed by atoms with van der Waals surface area (Å²) in [6.07, 6.45) is 3.31. The zero-order chi connectivity index (χ0) is 23.3. The molecule has 3 rings (SSSR count). The van der Waals surface area contributed by atoms with E-state index in [0.29, 0.717) is 5.56 Å². The molecule has 1 aromatic heterocycles. The van der Waals surface area contributed by atoms with Crippen molar-refractivity contribution >= 4 is 23.7 Å². The Kier molecular flexibility index (Phi) is 6.49. The molecule has 0 bridgehead atoms. The minimum Gasteiger partial charge on any atom is -0.501 e. The van der Waals surface area contributed by atoms with E-state index >= 15 is 0 Å². The summed E-state index contributed by atoms with van der Waals surface area (Å²) in [4.78, 5) is 33.0. The summed E-state index contributed by atoms with van der Waals surface area (Å²) in [6.45, 7) is -0.0308. The number of carboxylic acid groups (broad SMARTS) is 1. The molecule has 32 heavy (non-hydrogen) atoms. The van der Waals surface area contributed by atoms with Crippen molar-refractivity contribution in [3.05, 3.63) is 75.5 Å². The molecule has 0 saturated carbocycles. The molecule has 0 fully saturated rings. The molecular weight excluding hydrogens is 424 g/mol. The number of hydrogen-bond donors (Lipinski definition) is 2. The van der Waals surface area contributed by atoms with E-state index in [2.05, 4.69) is 9.89 Å². The number of nitro benzene ring substituents is 1. The highest BCUT2D eigenvalue weighted by molar-refractivity contribution is 5.97. The first-order chi connectivity index (χ1) is 15.3. The molecule has 0 radical (unpaired) electrons. The number of ether oxygens (including phenoxy) is 2. The van der Waals surface area contributed by atoms with Gasteiger partial charge in [0.25, 0.3) is 0 Å². The summed E-state index contributed by atoms with van der Waals surface area (Å²) in [7, 11) is 1.07. The van der Waals surface area contributed by atoms with E-state index in [1.165, 1.54) is 12.1 Å². The smallest absolute Gasteiger partial charge is 0.358 e. The van der Waals surface area contributed by atoms with Gasteiger partial charge in [0.15, 0.2) is 17.0 Å². The third-order valence-corrected chi connectivity index (χ3v) is 4.25. The number of esters is 1. The zero-order valence-corrected chi connectivity index (χ0v) is 16.5. The van der Waals surface area contributed by atoms with E-state index in [9.17, 15) is 24.8 Å². The Labute approximate surface area is 180 Å². The molecule has 0 atom stereocenters. The molecule has 0 saturated heterocycles. The van der Waals surface area contributed by atoms with E-state index in [1.807, 2.05) is 0 Å². The standard InChI is InChI=1S/C21H16N2O9/c1-30-21(27)18-16(8-7-15(19(18)24)23(28)29)31-9-3-5-12-4-2-6-13(10-12)17-11-14(20(25)26)22-32-17/h2-8,10-11,24H,9H2,1H3,(H,25,26)/b5-3+. The molecule has 11 nitrogen and oxygen atoms in total. The second kappa shape index (κ2) is 9.43. The molecule has 0 unspecified atom stereocenters. The maximum Gasteiger partial charge on any atom is 0.358 e. The number of benzene rings is 2. The average Bonchev–Trinajstić information content (AvgIpc) is 3.27. The first-order valence-corrected chi connectivity index (χ1v) is 9.00. The van der Waals surface area contributed by atoms with Gasteiger partial charge in [0, 0.05) is 17.7 Å². The number of phenolic OH excluding ortho intramolecular Hbond substituents is 1. The largest absolute Gasteiger partial charge is 0.501 e. The van der Waals surface area contributed by atoms with Gasteiger partial charge in [-0.25, -0.2) is 9.59 Å². The molecule has 0 aliphatic heterocycles. The number of hydrogen-bond acceptors (Lipinski definition) is 9. The maximum atomic E-state index is 11.9. The summed E-state index contributed by atoms with van der Waals surface area (Å²) in [5.41, 5.74) is 0.0442. The van der Waals surface area contributed by atoms with Crippen LogP contribution in [0.4, 0.5) is 5.69 Å². The lowest BCUT2D eigenvalue weighted by atomic mass is 10.1. The Morgan fingerprint density at radius 3 is 2.69 bits per heavy atom. The van der Waals surface area contributed by atoms with Crippen molar-refractivity contribution in [3.63, 3.8) is 0 Å². The number of carbonyl (C=O) groups is 2. The molecular formula is C21H16N2O9. The summed E-state index contributed by atoms with van der Waals surface area (Å²) in [5.74, 6) is -2.81. The van der Waals surface area contributed by atoms with Crippen LogP contribution in [0.5, 0.6) is 11.5 Å². The van der Waals surface area contributed by atoms with Crippen LogP contribution in [0.25, 0.3) is 17.4 Å². The Bertz CT molecular complexity index is 1210. The Balaban J connectivity index is 1.75. The molecule has 11 heteroatoms. The molecule has 0 aliphatic rings. The van der Waals surface area contributed by atoms with Crippen molar-refractivity contribution in [2.75, 3.05) is 13.7 Å². The average molecular weight is 440 g/mol. The number of aromatic hydroxyl groups is 1. The number of aromatic carboxylic acids is 1. The molecule has 0 amide bonds. The lowest BCUT2D eigenvalue weighted by Gasteiger charge is -2.10. The number of aromatic nitrogens is 1. The molecule has 0 spiro atoms. The van der Waals surface area contributed by atoms with Crippen molar-refractivity contribution in [2.24, 2.45) is 0 Å². The first kappa shape index (κ1) is 22.0. The molecule has 2 aromatic carbocycles. The van der Waals surface area contributed by atoms with Crippen LogP contribution in [0.3, 0.4) is 0 Å². The predicted octanol–water partition coefficient (Wildman–Crippen LogP) is 3.53. The van der Waals surface area contributed by atoms with E-state index in [0.717, 1.165) is 18.7 Å². The van der Waals surface area contributed by atoms with Crippen LogP contribution in [-0.4, -0.2) is 45.9 Å². The topological polar surface area (TPSA) is 162 Å². The normalized spacial score (nSPS) is 10.8. The number of nitrogens with zero attached hydrogens (tertiary/aromatic N) is 2. The fraction of sp³-hybridized carbons (Fsp3) is 0.0952. The minimum atomic E-state index is -1.20. The third-order valence-electron chi connectivity index (χ3n) is 4.25. The number of rotatable bonds is 8. The van der Waals surface area contributed by atoms with Crippen LogP contribution < -0.4 is 4.74 Å². The molecule has 164 valence electrons. The van der Waals surface area contributed by atoms with Gasteiger partial charge in [-0.2, -0.15) is 0 Å². The highest BCUT2D eigenvalue weighted by atomic mass is 16.6. The highest BCUT2D eigenvalue weighted by Gasteiger charge is 2.26. The fourth-order valence-corrected chi connectivity index (χ4v) is 2.76. The van der Waals surface area contributed by atoms with E-state index in [1.54, 1.807) is 36.4 Å². The van der Waals surface area contributed by atoms with Gasteiger partial charge in [0.05, 0.1) is 12.0 Å². The molecule has 1 heterocycles. The van der Waals surface area contributed by atoms with Crippen LogP contribution in [0.15, 0.2) is 53.1 Å². The third kappa shape index (κ3) is 4.73. The zero-order valence-electron chi connectivity index (χ0n) is 16.5. The Hall–Kier alpha value is -4.67. The number of phenols is 1. The van der Waals surface area contributed by atoms with Crippen molar-refractivity contribution in [1.82, 2.24) is 5.16 Å². The van der Waals surface area contributed by atoms with Gasteiger partial charge in [-0.15, -0.1) is 0 Å². The SMILES string of the molecule is COC(=O)c1c(OC/C=C/c2cccc(-c3cc(C(=O)O)no3)c2)ccc([N+](=O)[O-])c1O. The molecule has 3 aromatic rings. The summed E-state index contributed by atoms with van der Waals surface area (Å²) < 4.78 is 15.1. The van der Waals surface area contributed by atoms with E-state index in [4.69, 9.17) is 14.4 Å². The number of nitro groups is 1. The van der Waals surface area contributed by atoms with Crippen LogP contribution in [0.1, 0.15) is 26.4 Å². The number of methoxy groups -OCH3 is 1. The Morgan fingerprint density at radius 2 is 2.03 bits per heavy atom. The number of carbonyl (C=O) groups excluding carboxylic acids is 1. The first-order valence-electron chi connectivity index (χ1n) is 9.00. The van der Waals surface area contributed by atoms with Gasteiger partial charge in [-0.1, -0.05) is 29.4 Å². The van der Waals surface area contributed by atoms with Crippen molar-refractivity contribution in [3.8, 4) is 22.8 Å². The van der Waals surface area contributed by atoms with Gasteiger partial charge in [0.2, 0.25) is 5.75 Å². The second-order valence-corrected chi connectivity index (χ2v) is 6.28. The van der Waals surface area contributed by atoms with Crippen LogP contribution in [-0.2, 0) is 4.74 Å². The van der Waals surface area contributed by atoms with Crippen LogP contribution in [0, 0.1) is 10.1 Å². The fourth-order valence-electron chi connectivity index (χ4n) is 2.76. The summed E-state index contributed by atoms with van der Waals surface area (Å²) in [6, 6.07) is 10.5. The quantitative estimate of drug-likeness (QED) is 0.301. The predicted molar refractivity (Wildman–Crippen MR) is 110 cm³/mol. The van der Waals surface area contributed by atoms with E-state index in [-0.39, 0.29) is 23.8 Å². The summed E-state index contributed by atoms with van der Waals surface area (Å²) >= 11 is 0. The van der Waals surface area contributed by atoms with E-state index < -0.39 is 33.9 Å². The van der Waals surface area contributed by atoms with Gasteiger partial charge in [-0.3, -0.25) is 10.1 Å². The van der Waals surface area contributed by atoms with Crippen LogP contribution >= 0.6 is 0 Å². The van der Waals surface area contributed by atoms with Crippen LogP contribution in [0.2, 0.25) is 0 Å². The maximum absolute atomic E-state index is 11.9.